The van der Waals surface area contributed by atoms with E-state index in [1.54, 1.807) is 25.4 Å². The molecular weight excluding hydrogens is 392 g/mol. The normalized spacial score (nSPS) is 16.5. The summed E-state index contributed by atoms with van der Waals surface area (Å²) in [5, 5.41) is 7.36. The summed E-state index contributed by atoms with van der Waals surface area (Å²) < 4.78 is 5.34. The number of amides is 1. The molecule has 1 amide bonds. The van der Waals surface area contributed by atoms with Crippen molar-refractivity contribution in [3.63, 3.8) is 0 Å². The molecular formula is C23H28N6O2. The Morgan fingerprint density at radius 2 is 2.00 bits per heavy atom. The van der Waals surface area contributed by atoms with Gasteiger partial charge in [-0.1, -0.05) is 19.0 Å². The number of nitrogens with zero attached hydrogens (tertiary/aromatic N) is 5. The molecule has 4 rings (SSSR count). The Morgan fingerprint density at radius 3 is 2.74 bits per heavy atom. The van der Waals surface area contributed by atoms with Gasteiger partial charge in [0.15, 0.2) is 0 Å². The van der Waals surface area contributed by atoms with E-state index in [4.69, 9.17) is 9.51 Å². The number of piperidine rings is 1. The second-order valence-electron chi connectivity index (χ2n) is 8.36. The summed E-state index contributed by atoms with van der Waals surface area (Å²) >= 11 is 0. The van der Waals surface area contributed by atoms with E-state index in [0.29, 0.717) is 23.8 Å². The van der Waals surface area contributed by atoms with Crippen molar-refractivity contribution in [3.05, 3.63) is 59.0 Å². The number of nitrogens with one attached hydrogen (secondary N) is 1. The van der Waals surface area contributed by atoms with Crippen LogP contribution < -0.4 is 5.32 Å². The zero-order valence-electron chi connectivity index (χ0n) is 18.4. The van der Waals surface area contributed by atoms with Crippen LogP contribution in [0.2, 0.25) is 0 Å². The molecule has 0 saturated carbocycles. The lowest BCUT2D eigenvalue weighted by Crippen LogP contribution is -2.39. The fourth-order valence-electron chi connectivity index (χ4n) is 4.07. The zero-order chi connectivity index (χ0) is 22.0. The molecule has 0 radical (unpaired) electrons. The maximum absolute atomic E-state index is 13.3. The van der Waals surface area contributed by atoms with Crippen molar-refractivity contribution in [1.29, 1.82) is 0 Å². The molecule has 0 aliphatic carbocycles. The molecule has 162 valence electrons. The van der Waals surface area contributed by atoms with Crippen molar-refractivity contribution in [2.45, 2.75) is 52.4 Å². The van der Waals surface area contributed by atoms with Gasteiger partial charge < -0.3 is 14.7 Å². The zero-order valence-corrected chi connectivity index (χ0v) is 18.4. The summed E-state index contributed by atoms with van der Waals surface area (Å²) in [6, 6.07) is 5.79. The maximum Gasteiger partial charge on any atom is 0.259 e. The number of rotatable bonds is 5. The number of likely N-dealkylation sites (tertiary alicyclic amines) is 1. The van der Waals surface area contributed by atoms with Gasteiger partial charge in [0.1, 0.15) is 11.3 Å². The lowest BCUT2D eigenvalue weighted by atomic mass is 9.92. The van der Waals surface area contributed by atoms with Crippen molar-refractivity contribution in [2.24, 2.45) is 0 Å². The molecule has 0 spiro atoms. The Morgan fingerprint density at radius 1 is 1.23 bits per heavy atom. The van der Waals surface area contributed by atoms with Crippen molar-refractivity contribution >= 4 is 17.5 Å². The molecule has 8 heteroatoms. The lowest BCUT2D eigenvalue weighted by molar-refractivity contribution is 0.0703. The summed E-state index contributed by atoms with van der Waals surface area (Å²) in [5.41, 5.74) is 4.12. The predicted octanol–water partition coefficient (Wildman–Crippen LogP) is 4.36. The first-order chi connectivity index (χ1) is 14.9. The smallest absolute Gasteiger partial charge is 0.259 e. The van der Waals surface area contributed by atoms with Gasteiger partial charge in [-0.15, -0.1) is 0 Å². The van der Waals surface area contributed by atoms with Crippen LogP contribution in [-0.2, 0) is 0 Å². The summed E-state index contributed by atoms with van der Waals surface area (Å²) in [4.78, 5) is 28.5. The second-order valence-corrected chi connectivity index (χ2v) is 8.36. The summed E-state index contributed by atoms with van der Waals surface area (Å²) in [6.45, 7) is 9.18. The summed E-state index contributed by atoms with van der Waals surface area (Å²) in [7, 11) is 0. The van der Waals surface area contributed by atoms with E-state index < -0.39 is 0 Å². The van der Waals surface area contributed by atoms with Crippen LogP contribution in [-0.4, -0.2) is 44.0 Å². The van der Waals surface area contributed by atoms with Crippen LogP contribution in [0, 0.1) is 13.8 Å². The quantitative estimate of drug-likeness (QED) is 0.655. The van der Waals surface area contributed by atoms with Gasteiger partial charge in [-0.25, -0.2) is 9.97 Å². The van der Waals surface area contributed by atoms with E-state index in [1.807, 2.05) is 37.8 Å². The standard InChI is InChI=1S/C23H28N6O2/c1-14(2)21-20(16(4)31-28-21)22(30)29-10-5-7-17(13-29)19-12-18(11-15(3)26-19)27-23-24-8-6-9-25-23/h6,8-9,11-12,14,17H,5,7,10,13H2,1-4H3,(H,24,25,26,27)/t17-/m1/s1. The first-order valence-electron chi connectivity index (χ1n) is 10.7. The predicted molar refractivity (Wildman–Crippen MR) is 117 cm³/mol. The first kappa shape index (κ1) is 21.0. The summed E-state index contributed by atoms with van der Waals surface area (Å²) in [6.07, 6.45) is 5.32. The fraction of sp³-hybridized carbons (Fsp3) is 0.435. The molecule has 1 aliphatic heterocycles. The fourth-order valence-corrected chi connectivity index (χ4v) is 4.07. The number of hydrogen-bond donors (Lipinski definition) is 1. The molecule has 1 saturated heterocycles. The van der Waals surface area contributed by atoms with Gasteiger partial charge in [-0.2, -0.15) is 0 Å². The van der Waals surface area contributed by atoms with Crippen LogP contribution >= 0.6 is 0 Å². The lowest BCUT2D eigenvalue weighted by Gasteiger charge is -2.33. The van der Waals surface area contributed by atoms with E-state index in [1.165, 1.54) is 0 Å². The number of anilines is 2. The highest BCUT2D eigenvalue weighted by molar-refractivity contribution is 5.96. The number of hydrogen-bond acceptors (Lipinski definition) is 7. The van der Waals surface area contributed by atoms with E-state index in [0.717, 1.165) is 42.2 Å². The van der Waals surface area contributed by atoms with Crippen molar-refractivity contribution in [3.8, 4) is 0 Å². The molecule has 3 aromatic heterocycles. The average Bonchev–Trinajstić information content (AvgIpc) is 3.15. The maximum atomic E-state index is 13.3. The number of carbonyl (C=O) groups is 1. The van der Waals surface area contributed by atoms with Gasteiger partial charge in [0.2, 0.25) is 5.95 Å². The van der Waals surface area contributed by atoms with Crippen LogP contribution in [0.4, 0.5) is 11.6 Å². The molecule has 3 aromatic rings. The van der Waals surface area contributed by atoms with E-state index >= 15 is 0 Å². The average molecular weight is 421 g/mol. The van der Waals surface area contributed by atoms with Crippen molar-refractivity contribution in [1.82, 2.24) is 25.0 Å². The minimum Gasteiger partial charge on any atom is -0.361 e. The Balaban J connectivity index is 1.55. The van der Waals surface area contributed by atoms with Gasteiger partial charge in [0.05, 0.1) is 5.69 Å². The minimum atomic E-state index is -0.00385. The molecule has 1 atom stereocenters. The topological polar surface area (TPSA) is 97.0 Å². The van der Waals surface area contributed by atoms with Crippen LogP contribution in [0.3, 0.4) is 0 Å². The number of carbonyl (C=O) groups excluding carboxylic acids is 1. The van der Waals surface area contributed by atoms with Gasteiger partial charge in [0, 0.05) is 48.5 Å². The Hall–Kier alpha value is -3.29. The molecule has 8 nitrogen and oxygen atoms in total. The molecule has 0 aromatic carbocycles. The van der Waals surface area contributed by atoms with E-state index in [-0.39, 0.29) is 17.7 Å². The van der Waals surface area contributed by atoms with Crippen LogP contribution in [0.5, 0.6) is 0 Å². The molecule has 1 N–H and O–H groups in total. The Kier molecular flexibility index (Phi) is 5.97. The van der Waals surface area contributed by atoms with Crippen LogP contribution in [0.1, 0.15) is 71.7 Å². The van der Waals surface area contributed by atoms with E-state index in [9.17, 15) is 4.79 Å². The molecule has 31 heavy (non-hydrogen) atoms. The largest absolute Gasteiger partial charge is 0.361 e. The second kappa shape index (κ2) is 8.83. The summed E-state index contributed by atoms with van der Waals surface area (Å²) in [5.74, 6) is 1.42. The highest BCUT2D eigenvalue weighted by Crippen LogP contribution is 2.31. The van der Waals surface area contributed by atoms with Crippen LogP contribution in [0.25, 0.3) is 0 Å². The third-order valence-electron chi connectivity index (χ3n) is 5.57. The van der Waals surface area contributed by atoms with Gasteiger partial charge in [-0.05, 0) is 50.8 Å². The highest BCUT2D eigenvalue weighted by Gasteiger charge is 2.31. The third-order valence-corrected chi connectivity index (χ3v) is 5.57. The SMILES string of the molecule is Cc1cc(Nc2ncccn2)cc([C@@H]2CCCN(C(=O)c3c(C(C)C)noc3C)C2)n1. The number of aryl methyl sites for hydroxylation is 2. The van der Waals surface area contributed by atoms with Gasteiger partial charge in [-0.3, -0.25) is 9.78 Å². The van der Waals surface area contributed by atoms with Gasteiger partial charge in [0.25, 0.3) is 5.91 Å². The van der Waals surface area contributed by atoms with Crippen molar-refractivity contribution in [2.75, 3.05) is 18.4 Å². The first-order valence-corrected chi connectivity index (χ1v) is 10.7. The van der Waals surface area contributed by atoms with Gasteiger partial charge >= 0.3 is 0 Å². The molecule has 4 heterocycles. The molecule has 1 aliphatic rings. The Bertz CT molecular complexity index is 1060. The van der Waals surface area contributed by atoms with E-state index in [2.05, 4.69) is 20.4 Å². The monoisotopic (exact) mass is 420 g/mol. The Labute approximate surface area is 182 Å². The molecule has 0 bridgehead atoms. The van der Waals surface area contributed by atoms with Crippen molar-refractivity contribution < 1.29 is 9.32 Å². The number of pyridine rings is 1. The highest BCUT2D eigenvalue weighted by atomic mass is 16.5. The third kappa shape index (κ3) is 4.57. The number of aromatic nitrogens is 4. The van der Waals surface area contributed by atoms with Crippen LogP contribution in [0.15, 0.2) is 35.1 Å². The molecule has 0 unspecified atom stereocenters. The minimum absolute atomic E-state index is 0.00385. The molecule has 1 fully saturated rings.